The van der Waals surface area contributed by atoms with Crippen LogP contribution in [-0.4, -0.2) is 56.8 Å². The minimum absolute atomic E-state index is 0.0258. The van der Waals surface area contributed by atoms with E-state index in [0.29, 0.717) is 27.5 Å². The summed E-state index contributed by atoms with van der Waals surface area (Å²) in [6.45, 7) is 1.86. The predicted molar refractivity (Wildman–Crippen MR) is 132 cm³/mol. The van der Waals surface area contributed by atoms with Gasteiger partial charge in [-0.05, 0) is 54.8 Å². The summed E-state index contributed by atoms with van der Waals surface area (Å²) in [5.74, 6) is -2.09. The van der Waals surface area contributed by atoms with Crippen LogP contribution in [0.2, 0.25) is 5.02 Å². The first-order chi connectivity index (χ1) is 17.6. The highest BCUT2D eigenvalue weighted by molar-refractivity contribution is 6.31. The van der Waals surface area contributed by atoms with E-state index in [4.69, 9.17) is 11.6 Å². The fourth-order valence-electron chi connectivity index (χ4n) is 4.52. The molecule has 0 aliphatic carbocycles. The number of nitrogens with zero attached hydrogens (tertiary/aromatic N) is 2. The molecule has 3 aliphatic heterocycles. The first kappa shape index (κ1) is 24.5. The lowest BCUT2D eigenvalue weighted by Crippen LogP contribution is -2.55. The Hall–Kier alpha value is -4.22. The number of anilines is 2. The summed E-state index contributed by atoms with van der Waals surface area (Å²) in [5.41, 5.74) is 2.86. The second-order valence-corrected chi connectivity index (χ2v) is 9.38. The maximum Gasteiger partial charge on any atom is 0.329 e. The number of fused-ring (bicyclic) bond motifs is 1. The molecule has 0 spiro atoms. The number of nitrogens with one attached hydrogen (secondary N) is 3. The van der Waals surface area contributed by atoms with Crippen molar-refractivity contribution in [2.24, 2.45) is 0 Å². The molecular formula is C25H22ClN5O6. The molecule has 6 amide bonds. The van der Waals surface area contributed by atoms with Crippen molar-refractivity contribution < 1.29 is 29.1 Å². The zero-order valence-corrected chi connectivity index (χ0v) is 20.3. The molecule has 4 N–H and O–H groups in total. The van der Waals surface area contributed by atoms with Crippen LogP contribution in [0.4, 0.5) is 16.2 Å². The Balaban J connectivity index is 1.27. The molecule has 0 aromatic heterocycles. The molecule has 0 bridgehead atoms. The van der Waals surface area contributed by atoms with Crippen LogP contribution in [0.3, 0.4) is 0 Å². The van der Waals surface area contributed by atoms with Crippen molar-refractivity contribution in [2.45, 2.75) is 38.6 Å². The molecule has 0 saturated carbocycles. The quantitative estimate of drug-likeness (QED) is 0.448. The number of aryl methyl sites for hydroxylation is 1. The van der Waals surface area contributed by atoms with Gasteiger partial charge in [0.2, 0.25) is 11.8 Å². The smallest absolute Gasteiger partial charge is 0.329 e. The van der Waals surface area contributed by atoms with E-state index >= 15 is 0 Å². The standard InChI is InChI=1S/C25H22ClN5O6/c1-12-2-3-15(9-17(12)26)28-25(37)30-11-13-8-14(4-5-16(13)23(30)35)27-18-10-21(33)31(24(18)36)19-6-7-20(32)29-22(19)34/h2-5,8-10,19,24,27,36H,6-7,11H2,1H3,(H,28,37)(H,29,32,34). The Morgan fingerprint density at radius 1 is 1.11 bits per heavy atom. The highest BCUT2D eigenvalue weighted by Crippen LogP contribution is 2.30. The van der Waals surface area contributed by atoms with E-state index in [1.165, 1.54) is 6.08 Å². The fourth-order valence-corrected chi connectivity index (χ4v) is 4.70. The number of halogens is 1. The number of amides is 6. The summed E-state index contributed by atoms with van der Waals surface area (Å²) in [6.07, 6.45) is -0.0632. The molecule has 2 aromatic rings. The fraction of sp³-hybridized carbons (Fsp3) is 0.240. The number of carbonyl (C=O) groups is 5. The van der Waals surface area contributed by atoms with Crippen molar-refractivity contribution >= 4 is 52.6 Å². The zero-order chi connectivity index (χ0) is 26.4. The van der Waals surface area contributed by atoms with Crippen LogP contribution < -0.4 is 16.0 Å². The summed E-state index contributed by atoms with van der Waals surface area (Å²) < 4.78 is 0. The van der Waals surface area contributed by atoms with Gasteiger partial charge in [-0.15, -0.1) is 0 Å². The SMILES string of the molecule is Cc1ccc(NC(=O)N2Cc3cc(NC4=CC(=O)N(C5CCC(=O)NC5=O)C4O)ccc3C2=O)cc1Cl. The van der Waals surface area contributed by atoms with Gasteiger partial charge in [-0.3, -0.25) is 34.3 Å². The van der Waals surface area contributed by atoms with Crippen LogP contribution >= 0.6 is 11.6 Å². The van der Waals surface area contributed by atoms with Gasteiger partial charge in [-0.1, -0.05) is 17.7 Å². The molecule has 2 atom stereocenters. The van der Waals surface area contributed by atoms with E-state index in [9.17, 15) is 29.1 Å². The van der Waals surface area contributed by atoms with Crippen molar-refractivity contribution in [1.29, 1.82) is 0 Å². The molecule has 3 heterocycles. The van der Waals surface area contributed by atoms with Crippen LogP contribution in [0.1, 0.15) is 34.3 Å². The number of aliphatic hydroxyl groups is 1. The van der Waals surface area contributed by atoms with Crippen molar-refractivity contribution in [1.82, 2.24) is 15.1 Å². The second kappa shape index (κ2) is 9.34. The lowest BCUT2D eigenvalue weighted by Gasteiger charge is -2.32. The van der Waals surface area contributed by atoms with Gasteiger partial charge in [0.25, 0.3) is 11.8 Å². The average Bonchev–Trinajstić information content (AvgIpc) is 3.32. The number of aliphatic hydroxyl groups excluding tert-OH is 1. The number of piperidine rings is 1. The number of hydrogen-bond donors (Lipinski definition) is 4. The zero-order valence-electron chi connectivity index (χ0n) is 19.6. The summed E-state index contributed by atoms with van der Waals surface area (Å²) in [6, 6.07) is 8.27. The molecule has 0 radical (unpaired) electrons. The third-order valence-corrected chi connectivity index (χ3v) is 6.89. The molecule has 2 unspecified atom stereocenters. The van der Waals surface area contributed by atoms with Crippen LogP contribution in [0, 0.1) is 6.92 Å². The summed E-state index contributed by atoms with van der Waals surface area (Å²) in [4.78, 5) is 63.8. The largest absolute Gasteiger partial charge is 0.368 e. The minimum atomic E-state index is -1.42. The first-order valence-electron chi connectivity index (χ1n) is 11.5. The molecule has 1 fully saturated rings. The number of hydrogen-bond acceptors (Lipinski definition) is 7. The number of carbonyl (C=O) groups excluding carboxylic acids is 5. The summed E-state index contributed by atoms with van der Waals surface area (Å²) >= 11 is 6.11. The Kier molecular flexibility index (Phi) is 6.18. The number of rotatable bonds is 4. The predicted octanol–water partition coefficient (Wildman–Crippen LogP) is 2.10. The van der Waals surface area contributed by atoms with Gasteiger partial charge in [-0.25, -0.2) is 4.79 Å². The molecule has 190 valence electrons. The third-order valence-electron chi connectivity index (χ3n) is 6.49. The Labute approximate surface area is 216 Å². The van der Waals surface area contributed by atoms with Gasteiger partial charge in [0, 0.05) is 34.5 Å². The van der Waals surface area contributed by atoms with Crippen molar-refractivity contribution in [3.8, 4) is 0 Å². The van der Waals surface area contributed by atoms with Crippen LogP contribution in [0.5, 0.6) is 0 Å². The molecule has 2 aromatic carbocycles. The number of urea groups is 1. The molecule has 12 heteroatoms. The normalized spacial score (nSPS) is 21.1. The Morgan fingerprint density at radius 2 is 1.86 bits per heavy atom. The lowest BCUT2D eigenvalue weighted by atomic mass is 10.0. The van der Waals surface area contributed by atoms with Gasteiger partial charge in [0.1, 0.15) is 6.04 Å². The monoisotopic (exact) mass is 523 g/mol. The van der Waals surface area contributed by atoms with Gasteiger partial charge in [0.15, 0.2) is 6.23 Å². The van der Waals surface area contributed by atoms with Gasteiger partial charge in [0.05, 0.1) is 12.2 Å². The highest BCUT2D eigenvalue weighted by Gasteiger charge is 2.42. The average molecular weight is 524 g/mol. The van der Waals surface area contributed by atoms with Gasteiger partial charge >= 0.3 is 6.03 Å². The highest BCUT2D eigenvalue weighted by atomic mass is 35.5. The van der Waals surface area contributed by atoms with E-state index in [-0.39, 0.29) is 25.1 Å². The molecule has 5 rings (SSSR count). The topological polar surface area (TPSA) is 148 Å². The van der Waals surface area contributed by atoms with E-state index in [1.54, 1.807) is 36.4 Å². The van der Waals surface area contributed by atoms with Crippen molar-refractivity contribution in [3.05, 3.63) is 69.9 Å². The van der Waals surface area contributed by atoms with E-state index in [0.717, 1.165) is 15.4 Å². The summed E-state index contributed by atoms with van der Waals surface area (Å²) in [5, 5.41) is 19.0. The number of imide groups is 2. The first-order valence-corrected chi connectivity index (χ1v) is 11.8. The van der Waals surface area contributed by atoms with Crippen LogP contribution in [-0.2, 0) is 20.9 Å². The van der Waals surface area contributed by atoms with Gasteiger partial charge < -0.3 is 15.7 Å². The Morgan fingerprint density at radius 3 is 2.59 bits per heavy atom. The maximum absolute atomic E-state index is 12.8. The summed E-state index contributed by atoms with van der Waals surface area (Å²) in [7, 11) is 0. The minimum Gasteiger partial charge on any atom is -0.368 e. The molecule has 3 aliphatic rings. The lowest BCUT2D eigenvalue weighted by molar-refractivity contribution is -0.148. The maximum atomic E-state index is 12.8. The molecule has 37 heavy (non-hydrogen) atoms. The second-order valence-electron chi connectivity index (χ2n) is 8.97. The van der Waals surface area contributed by atoms with E-state index in [1.807, 2.05) is 6.92 Å². The van der Waals surface area contributed by atoms with E-state index < -0.39 is 41.9 Å². The molecule has 1 saturated heterocycles. The third kappa shape index (κ3) is 4.54. The molecular weight excluding hydrogens is 502 g/mol. The number of benzene rings is 2. The van der Waals surface area contributed by atoms with Crippen molar-refractivity contribution in [3.63, 3.8) is 0 Å². The van der Waals surface area contributed by atoms with Crippen LogP contribution in [0.15, 0.2) is 48.2 Å². The van der Waals surface area contributed by atoms with Gasteiger partial charge in [-0.2, -0.15) is 0 Å². The van der Waals surface area contributed by atoms with Crippen LogP contribution in [0.25, 0.3) is 0 Å². The van der Waals surface area contributed by atoms with E-state index in [2.05, 4.69) is 16.0 Å². The Bertz CT molecular complexity index is 1410. The van der Waals surface area contributed by atoms with Crippen molar-refractivity contribution in [2.75, 3.05) is 10.6 Å². The molecule has 11 nitrogen and oxygen atoms in total.